The van der Waals surface area contributed by atoms with Gasteiger partial charge in [0, 0.05) is 0 Å². The first-order chi connectivity index (χ1) is 11.9. The molecule has 1 aliphatic rings. The summed E-state index contributed by atoms with van der Waals surface area (Å²) >= 11 is 0. The molecule has 0 amide bonds. The van der Waals surface area contributed by atoms with Crippen LogP contribution in [0.15, 0.2) is 24.3 Å². The van der Waals surface area contributed by atoms with Crippen molar-refractivity contribution in [1.82, 2.24) is 0 Å². The van der Waals surface area contributed by atoms with E-state index >= 15 is 0 Å². The Hall–Kier alpha value is -1.02. The average Bonchev–Trinajstić information content (AvgIpc) is 3.43. The second-order valence-corrected chi connectivity index (χ2v) is 7.20. The summed E-state index contributed by atoms with van der Waals surface area (Å²) in [6.07, 6.45) is 17.0. The van der Waals surface area contributed by atoms with E-state index in [0.29, 0.717) is 12.7 Å². The number of epoxide rings is 1. The van der Waals surface area contributed by atoms with Gasteiger partial charge >= 0.3 is 0 Å². The van der Waals surface area contributed by atoms with Crippen molar-refractivity contribution in [2.75, 3.05) is 13.2 Å². The summed E-state index contributed by atoms with van der Waals surface area (Å²) in [6, 6.07) is 8.60. The number of hydrogen-bond acceptors (Lipinski definition) is 2. The Kier molecular flexibility index (Phi) is 9.94. The number of aryl methyl sites for hydroxylation is 1. The highest BCUT2D eigenvalue weighted by Crippen LogP contribution is 2.17. The molecule has 2 heteroatoms. The van der Waals surface area contributed by atoms with Crippen molar-refractivity contribution >= 4 is 0 Å². The van der Waals surface area contributed by atoms with Crippen LogP contribution in [0.2, 0.25) is 0 Å². The molecule has 0 saturated carbocycles. The average molecular weight is 333 g/mol. The first kappa shape index (κ1) is 19.3. The normalized spacial score (nSPS) is 16.3. The number of rotatable bonds is 15. The minimum atomic E-state index is 0.334. The molecule has 1 unspecified atom stereocenters. The minimum absolute atomic E-state index is 0.334. The SMILES string of the molecule is CCCCCCCCCCCCCc1ccc(OCC2CO2)cc1. The van der Waals surface area contributed by atoms with Crippen molar-refractivity contribution in [1.29, 1.82) is 0 Å². The van der Waals surface area contributed by atoms with E-state index in [4.69, 9.17) is 9.47 Å². The standard InChI is InChI=1S/C22H36O2/c1-2-3-4-5-6-7-8-9-10-11-12-13-20-14-16-21(17-15-20)23-18-22-19-24-22/h14-17,22H,2-13,18-19H2,1H3. The Morgan fingerprint density at radius 2 is 1.38 bits per heavy atom. The minimum Gasteiger partial charge on any atom is -0.491 e. The number of benzene rings is 1. The van der Waals surface area contributed by atoms with Gasteiger partial charge in [0.2, 0.25) is 0 Å². The van der Waals surface area contributed by atoms with Gasteiger partial charge in [0.05, 0.1) is 6.61 Å². The van der Waals surface area contributed by atoms with Crippen molar-refractivity contribution in [3.05, 3.63) is 29.8 Å². The highest BCUT2D eigenvalue weighted by Gasteiger charge is 2.22. The summed E-state index contributed by atoms with van der Waals surface area (Å²) in [5.41, 5.74) is 1.43. The molecular formula is C22H36O2. The molecule has 1 aliphatic heterocycles. The Bertz CT molecular complexity index is 408. The number of unbranched alkanes of at least 4 members (excludes halogenated alkanes) is 10. The Labute approximate surface area is 148 Å². The third-order valence-corrected chi connectivity index (χ3v) is 4.83. The van der Waals surface area contributed by atoms with Gasteiger partial charge in [-0.1, -0.05) is 83.3 Å². The van der Waals surface area contributed by atoms with Gasteiger partial charge in [-0.3, -0.25) is 0 Å². The van der Waals surface area contributed by atoms with Gasteiger partial charge in [-0.15, -0.1) is 0 Å². The van der Waals surface area contributed by atoms with Crippen LogP contribution in [0.4, 0.5) is 0 Å². The maximum atomic E-state index is 5.67. The molecule has 2 nitrogen and oxygen atoms in total. The van der Waals surface area contributed by atoms with Gasteiger partial charge in [-0.05, 0) is 30.5 Å². The van der Waals surface area contributed by atoms with Crippen LogP contribution in [0.3, 0.4) is 0 Å². The molecule has 24 heavy (non-hydrogen) atoms. The number of ether oxygens (including phenoxy) is 2. The lowest BCUT2D eigenvalue weighted by molar-refractivity contribution is 0.263. The molecule has 0 aliphatic carbocycles. The summed E-state index contributed by atoms with van der Waals surface area (Å²) in [5, 5.41) is 0. The predicted molar refractivity (Wildman–Crippen MR) is 102 cm³/mol. The maximum Gasteiger partial charge on any atom is 0.119 e. The molecule has 1 fully saturated rings. The van der Waals surface area contributed by atoms with Gasteiger partial charge in [-0.25, -0.2) is 0 Å². The molecule has 1 atom stereocenters. The summed E-state index contributed by atoms with van der Waals surface area (Å²) in [7, 11) is 0. The molecule has 2 rings (SSSR count). The second kappa shape index (κ2) is 12.4. The largest absolute Gasteiger partial charge is 0.491 e. The quantitative estimate of drug-likeness (QED) is 0.277. The first-order valence-corrected chi connectivity index (χ1v) is 10.2. The van der Waals surface area contributed by atoms with Gasteiger partial charge in [0.1, 0.15) is 18.5 Å². The van der Waals surface area contributed by atoms with E-state index < -0.39 is 0 Å². The fraction of sp³-hybridized carbons (Fsp3) is 0.727. The van der Waals surface area contributed by atoms with Gasteiger partial charge < -0.3 is 9.47 Å². The van der Waals surface area contributed by atoms with Gasteiger partial charge in [0.25, 0.3) is 0 Å². The van der Waals surface area contributed by atoms with Crippen molar-refractivity contribution in [3.63, 3.8) is 0 Å². The van der Waals surface area contributed by atoms with Crippen molar-refractivity contribution < 1.29 is 9.47 Å². The molecule has 1 aromatic carbocycles. The molecule has 1 saturated heterocycles. The van der Waals surface area contributed by atoms with Crippen molar-refractivity contribution in [3.8, 4) is 5.75 Å². The van der Waals surface area contributed by atoms with E-state index in [9.17, 15) is 0 Å². The Morgan fingerprint density at radius 3 is 1.92 bits per heavy atom. The van der Waals surface area contributed by atoms with Crippen LogP contribution < -0.4 is 4.74 Å². The second-order valence-electron chi connectivity index (χ2n) is 7.20. The molecule has 0 spiro atoms. The fourth-order valence-electron chi connectivity index (χ4n) is 3.10. The van der Waals surface area contributed by atoms with Crippen LogP contribution in [0.5, 0.6) is 5.75 Å². The van der Waals surface area contributed by atoms with E-state index in [0.717, 1.165) is 12.4 Å². The molecule has 1 heterocycles. The smallest absolute Gasteiger partial charge is 0.119 e. The number of hydrogen-bond donors (Lipinski definition) is 0. The molecule has 0 bridgehead atoms. The zero-order valence-corrected chi connectivity index (χ0v) is 15.6. The van der Waals surface area contributed by atoms with Crippen LogP contribution >= 0.6 is 0 Å². The lowest BCUT2D eigenvalue weighted by atomic mass is 10.0. The zero-order chi connectivity index (χ0) is 16.9. The summed E-state index contributed by atoms with van der Waals surface area (Å²) < 4.78 is 10.8. The highest BCUT2D eigenvalue weighted by atomic mass is 16.6. The first-order valence-electron chi connectivity index (χ1n) is 10.2. The van der Waals surface area contributed by atoms with Gasteiger partial charge in [0.15, 0.2) is 0 Å². The third kappa shape index (κ3) is 9.32. The molecule has 1 aromatic rings. The fourth-order valence-corrected chi connectivity index (χ4v) is 3.10. The lowest BCUT2D eigenvalue weighted by Crippen LogP contribution is -2.03. The van der Waals surface area contributed by atoms with Crippen LogP contribution in [-0.4, -0.2) is 19.3 Å². The van der Waals surface area contributed by atoms with Crippen LogP contribution in [-0.2, 0) is 11.2 Å². The van der Waals surface area contributed by atoms with Crippen LogP contribution in [0.1, 0.15) is 83.1 Å². The molecular weight excluding hydrogens is 296 g/mol. The molecule has 0 N–H and O–H groups in total. The highest BCUT2D eigenvalue weighted by molar-refractivity contribution is 5.27. The summed E-state index contributed by atoms with van der Waals surface area (Å²) in [5.74, 6) is 0.966. The van der Waals surface area contributed by atoms with Crippen LogP contribution in [0.25, 0.3) is 0 Å². The van der Waals surface area contributed by atoms with Crippen LogP contribution in [0, 0.1) is 0 Å². The van der Waals surface area contributed by atoms with E-state index in [2.05, 4.69) is 31.2 Å². The monoisotopic (exact) mass is 332 g/mol. The van der Waals surface area contributed by atoms with Crippen molar-refractivity contribution in [2.45, 2.75) is 90.1 Å². The van der Waals surface area contributed by atoms with E-state index in [1.807, 2.05) is 0 Å². The third-order valence-electron chi connectivity index (χ3n) is 4.83. The zero-order valence-electron chi connectivity index (χ0n) is 15.6. The Morgan fingerprint density at radius 1 is 0.833 bits per heavy atom. The summed E-state index contributed by atoms with van der Waals surface area (Å²) in [6.45, 7) is 3.83. The van der Waals surface area contributed by atoms with E-state index in [-0.39, 0.29) is 0 Å². The topological polar surface area (TPSA) is 21.8 Å². The van der Waals surface area contributed by atoms with Crippen molar-refractivity contribution in [2.24, 2.45) is 0 Å². The van der Waals surface area contributed by atoms with E-state index in [1.54, 1.807) is 0 Å². The Balaban J connectivity index is 1.40. The molecule has 0 radical (unpaired) electrons. The lowest BCUT2D eigenvalue weighted by Gasteiger charge is -2.06. The maximum absolute atomic E-state index is 5.67. The van der Waals surface area contributed by atoms with E-state index in [1.165, 1.54) is 82.6 Å². The predicted octanol–water partition coefficient (Wildman–Crippen LogP) is 6.32. The van der Waals surface area contributed by atoms with Gasteiger partial charge in [-0.2, -0.15) is 0 Å². The molecule has 136 valence electrons. The molecule has 0 aromatic heterocycles. The summed E-state index contributed by atoms with van der Waals surface area (Å²) in [4.78, 5) is 0.